The Morgan fingerprint density at radius 3 is 2.37 bits per heavy atom. The van der Waals surface area contributed by atoms with E-state index in [2.05, 4.69) is 31.0 Å². The van der Waals surface area contributed by atoms with Crippen molar-refractivity contribution in [3.8, 4) is 0 Å². The summed E-state index contributed by atoms with van der Waals surface area (Å²) in [6.45, 7) is 11.1. The third-order valence-corrected chi connectivity index (χ3v) is 4.71. The average molecular weight is 266 g/mol. The molecule has 0 aromatic rings. The third kappa shape index (κ3) is 3.93. The monoisotopic (exact) mass is 266 g/mol. The van der Waals surface area contributed by atoms with Crippen LogP contribution in [0.1, 0.15) is 46.5 Å². The highest BCUT2D eigenvalue weighted by atomic mass is 16.5. The van der Waals surface area contributed by atoms with Gasteiger partial charge in [0, 0.05) is 32.2 Å². The van der Waals surface area contributed by atoms with Gasteiger partial charge in [0.25, 0.3) is 0 Å². The molecule has 0 bridgehead atoms. The smallest absolute Gasteiger partial charge is 0.0757 e. The van der Waals surface area contributed by atoms with E-state index in [1.165, 1.54) is 32.2 Å². The van der Waals surface area contributed by atoms with Crippen molar-refractivity contribution in [1.82, 2.24) is 10.2 Å². The molecule has 2 aliphatic carbocycles. The summed E-state index contributed by atoms with van der Waals surface area (Å²) in [6.07, 6.45) is 6.24. The van der Waals surface area contributed by atoms with Crippen molar-refractivity contribution < 1.29 is 4.74 Å². The molecule has 1 atom stereocenters. The molecular formula is C16H30N2O. The Balaban J connectivity index is 1.41. The average Bonchev–Trinajstić information content (AvgIpc) is 3.13. The highest BCUT2D eigenvalue weighted by Gasteiger charge is 2.41. The van der Waals surface area contributed by atoms with E-state index in [1.807, 2.05) is 0 Å². The molecule has 19 heavy (non-hydrogen) atoms. The standard InChI is InChI=1S/C16H30N2O/c1-12-10-18(11-16(2,3)19-12)9-8-17-15(13-4-5-13)14-6-7-14/h12-15,17H,4-11H2,1-3H3. The van der Waals surface area contributed by atoms with Gasteiger partial charge in [-0.05, 0) is 58.3 Å². The molecule has 0 aromatic heterocycles. The predicted molar refractivity (Wildman–Crippen MR) is 78.3 cm³/mol. The maximum atomic E-state index is 5.97. The van der Waals surface area contributed by atoms with Crippen LogP contribution in [0.5, 0.6) is 0 Å². The maximum absolute atomic E-state index is 5.97. The summed E-state index contributed by atoms with van der Waals surface area (Å²) in [5, 5.41) is 3.85. The van der Waals surface area contributed by atoms with Gasteiger partial charge in [-0.3, -0.25) is 4.90 Å². The van der Waals surface area contributed by atoms with Crippen LogP contribution in [0.15, 0.2) is 0 Å². The van der Waals surface area contributed by atoms with Crippen LogP contribution in [0, 0.1) is 11.8 Å². The molecule has 1 aliphatic heterocycles. The van der Waals surface area contributed by atoms with E-state index < -0.39 is 0 Å². The van der Waals surface area contributed by atoms with E-state index in [1.54, 1.807) is 0 Å². The van der Waals surface area contributed by atoms with Gasteiger partial charge in [-0.2, -0.15) is 0 Å². The van der Waals surface area contributed by atoms with Crippen LogP contribution in [0.25, 0.3) is 0 Å². The first-order valence-corrected chi connectivity index (χ1v) is 8.17. The second-order valence-electron chi connectivity index (χ2n) is 7.58. The zero-order chi connectivity index (χ0) is 13.5. The summed E-state index contributed by atoms with van der Waals surface area (Å²) in [4.78, 5) is 2.57. The minimum atomic E-state index is 0.0179. The molecule has 1 N–H and O–H groups in total. The number of hydrogen-bond acceptors (Lipinski definition) is 3. The van der Waals surface area contributed by atoms with Crippen molar-refractivity contribution >= 4 is 0 Å². The van der Waals surface area contributed by atoms with E-state index in [4.69, 9.17) is 4.74 Å². The van der Waals surface area contributed by atoms with Gasteiger partial charge in [0.15, 0.2) is 0 Å². The molecule has 2 saturated carbocycles. The SMILES string of the molecule is CC1CN(CCNC(C2CC2)C2CC2)CC(C)(C)O1. The highest BCUT2D eigenvalue weighted by molar-refractivity contribution is 4.96. The van der Waals surface area contributed by atoms with E-state index in [0.29, 0.717) is 6.10 Å². The van der Waals surface area contributed by atoms with Crippen molar-refractivity contribution in [1.29, 1.82) is 0 Å². The van der Waals surface area contributed by atoms with Gasteiger partial charge in [0.2, 0.25) is 0 Å². The lowest BCUT2D eigenvalue weighted by Gasteiger charge is -2.42. The summed E-state index contributed by atoms with van der Waals surface area (Å²) < 4.78 is 5.97. The molecular weight excluding hydrogens is 236 g/mol. The first-order valence-electron chi connectivity index (χ1n) is 8.17. The zero-order valence-electron chi connectivity index (χ0n) is 12.8. The minimum absolute atomic E-state index is 0.0179. The lowest BCUT2D eigenvalue weighted by Crippen LogP contribution is -2.53. The molecule has 0 spiro atoms. The van der Waals surface area contributed by atoms with Gasteiger partial charge in [0.05, 0.1) is 11.7 Å². The molecule has 0 aromatic carbocycles. The molecule has 1 heterocycles. The molecule has 1 unspecified atom stereocenters. The summed E-state index contributed by atoms with van der Waals surface area (Å²) in [6, 6.07) is 0.839. The van der Waals surface area contributed by atoms with E-state index in [0.717, 1.165) is 37.5 Å². The number of ether oxygens (including phenoxy) is 1. The van der Waals surface area contributed by atoms with Gasteiger partial charge in [0.1, 0.15) is 0 Å². The molecule has 0 amide bonds. The molecule has 0 radical (unpaired) electrons. The molecule has 3 nitrogen and oxygen atoms in total. The third-order valence-electron chi connectivity index (χ3n) is 4.71. The van der Waals surface area contributed by atoms with E-state index in [-0.39, 0.29) is 5.60 Å². The maximum Gasteiger partial charge on any atom is 0.0757 e. The number of nitrogens with zero attached hydrogens (tertiary/aromatic N) is 1. The second kappa shape index (κ2) is 5.34. The number of rotatable bonds is 6. The molecule has 3 aliphatic rings. The van der Waals surface area contributed by atoms with Gasteiger partial charge in [-0.15, -0.1) is 0 Å². The largest absolute Gasteiger partial charge is 0.370 e. The first-order chi connectivity index (χ1) is 9.03. The zero-order valence-corrected chi connectivity index (χ0v) is 12.8. The second-order valence-corrected chi connectivity index (χ2v) is 7.58. The lowest BCUT2D eigenvalue weighted by atomic mass is 10.1. The van der Waals surface area contributed by atoms with Crippen LogP contribution in [-0.2, 0) is 4.74 Å². The van der Waals surface area contributed by atoms with Crippen molar-refractivity contribution in [2.45, 2.75) is 64.2 Å². The Kier molecular flexibility index (Phi) is 3.89. The van der Waals surface area contributed by atoms with Crippen molar-refractivity contribution in [2.24, 2.45) is 11.8 Å². The molecule has 3 rings (SSSR count). The first kappa shape index (κ1) is 13.8. The summed E-state index contributed by atoms with van der Waals surface area (Å²) in [5.74, 6) is 2.01. The minimum Gasteiger partial charge on any atom is -0.370 e. The van der Waals surface area contributed by atoms with Gasteiger partial charge in [-0.25, -0.2) is 0 Å². The van der Waals surface area contributed by atoms with E-state index in [9.17, 15) is 0 Å². The lowest BCUT2D eigenvalue weighted by molar-refractivity contribution is -0.128. The highest BCUT2D eigenvalue weighted by Crippen LogP contribution is 2.44. The van der Waals surface area contributed by atoms with Crippen LogP contribution < -0.4 is 5.32 Å². The molecule has 1 saturated heterocycles. The fraction of sp³-hybridized carbons (Fsp3) is 1.00. The Bertz CT molecular complexity index is 298. The van der Waals surface area contributed by atoms with Crippen molar-refractivity contribution in [3.63, 3.8) is 0 Å². The Morgan fingerprint density at radius 2 is 1.84 bits per heavy atom. The topological polar surface area (TPSA) is 24.5 Å². The summed E-state index contributed by atoms with van der Waals surface area (Å²) >= 11 is 0. The molecule has 3 heteroatoms. The van der Waals surface area contributed by atoms with Gasteiger partial charge < -0.3 is 10.1 Å². The Labute approximate surface area is 118 Å². The normalized spacial score (nSPS) is 31.9. The Morgan fingerprint density at radius 1 is 1.21 bits per heavy atom. The number of nitrogens with one attached hydrogen (secondary N) is 1. The van der Waals surface area contributed by atoms with Crippen LogP contribution >= 0.6 is 0 Å². The Hall–Kier alpha value is -0.120. The van der Waals surface area contributed by atoms with Gasteiger partial charge in [-0.1, -0.05) is 0 Å². The van der Waals surface area contributed by atoms with Crippen molar-refractivity contribution in [3.05, 3.63) is 0 Å². The number of hydrogen-bond donors (Lipinski definition) is 1. The number of morpholine rings is 1. The predicted octanol–water partition coefficient (Wildman–Crippen LogP) is 2.26. The molecule has 110 valence electrons. The van der Waals surface area contributed by atoms with Crippen molar-refractivity contribution in [2.75, 3.05) is 26.2 Å². The molecule has 3 fully saturated rings. The fourth-order valence-corrected chi connectivity index (χ4v) is 3.77. The van der Waals surface area contributed by atoms with Gasteiger partial charge >= 0.3 is 0 Å². The summed E-state index contributed by atoms with van der Waals surface area (Å²) in [7, 11) is 0. The van der Waals surface area contributed by atoms with Crippen LogP contribution in [-0.4, -0.2) is 48.8 Å². The van der Waals surface area contributed by atoms with Crippen LogP contribution in [0.2, 0.25) is 0 Å². The van der Waals surface area contributed by atoms with E-state index >= 15 is 0 Å². The quantitative estimate of drug-likeness (QED) is 0.798. The van der Waals surface area contributed by atoms with Crippen LogP contribution in [0.3, 0.4) is 0 Å². The fourth-order valence-electron chi connectivity index (χ4n) is 3.77. The van der Waals surface area contributed by atoms with Crippen LogP contribution in [0.4, 0.5) is 0 Å². The summed E-state index contributed by atoms with van der Waals surface area (Å²) in [5.41, 5.74) is 0.0179.